The van der Waals surface area contributed by atoms with Crippen LogP contribution in [-0.2, 0) is 21.7 Å². The number of aromatic nitrogens is 3. The Labute approximate surface area is 382 Å². The summed E-state index contributed by atoms with van der Waals surface area (Å²) in [6, 6.07) is 22.3. The number of amides is 3. The Morgan fingerprint density at radius 2 is 1.59 bits per heavy atom. The van der Waals surface area contributed by atoms with Crippen molar-refractivity contribution in [3.8, 4) is 22.5 Å². The number of benzene rings is 4. The number of aromatic amines is 1. The quantitative estimate of drug-likeness (QED) is 0.122. The maximum Gasteiger partial charge on any atom is 0.258 e. The average Bonchev–Trinajstić information content (AvgIpc) is 3.74. The van der Waals surface area contributed by atoms with Crippen LogP contribution in [0.3, 0.4) is 0 Å². The number of fused-ring (bicyclic) bond motifs is 1. The second kappa shape index (κ2) is 17.6. The number of hydrogen-bond acceptors (Lipinski definition) is 8. The number of aliphatic hydroxyl groups is 1. The average molecular weight is 894 g/mol. The molecule has 12 nitrogen and oxygen atoms in total. The molecule has 2 aromatic heterocycles. The van der Waals surface area contributed by atoms with Gasteiger partial charge in [-0.3, -0.25) is 24.1 Å². The minimum atomic E-state index is -1.29. The fourth-order valence-corrected chi connectivity index (χ4v) is 9.74. The lowest BCUT2D eigenvalue weighted by atomic mass is 9.71. The Bertz CT molecular complexity index is 2890. The van der Waals surface area contributed by atoms with Gasteiger partial charge in [0.1, 0.15) is 29.4 Å². The molecule has 6 aromatic rings. The first kappa shape index (κ1) is 44.6. The number of piperidine rings is 3. The number of ketones is 1. The van der Waals surface area contributed by atoms with Crippen molar-refractivity contribution in [3.05, 3.63) is 130 Å². The van der Waals surface area contributed by atoms with E-state index in [4.69, 9.17) is 0 Å². The number of halogens is 2. The number of hydrogen-bond donors (Lipinski definition) is 3. The van der Waals surface area contributed by atoms with Crippen LogP contribution in [0.2, 0.25) is 0 Å². The van der Waals surface area contributed by atoms with Gasteiger partial charge in [-0.25, -0.2) is 18.7 Å². The van der Waals surface area contributed by atoms with E-state index in [0.717, 1.165) is 68.2 Å². The minimum absolute atomic E-state index is 0.0148. The number of nitrogens with zero attached hydrogens (tertiary/aromatic N) is 5. The Hall–Kier alpha value is -6.64. The van der Waals surface area contributed by atoms with Crippen LogP contribution in [0.4, 0.5) is 20.2 Å². The van der Waals surface area contributed by atoms with Gasteiger partial charge in [0.15, 0.2) is 0 Å². The van der Waals surface area contributed by atoms with E-state index < -0.39 is 23.1 Å². The van der Waals surface area contributed by atoms with Crippen molar-refractivity contribution in [1.82, 2.24) is 24.8 Å². The van der Waals surface area contributed by atoms with E-state index in [9.17, 15) is 24.3 Å². The van der Waals surface area contributed by atoms with Gasteiger partial charge in [-0.05, 0) is 142 Å². The van der Waals surface area contributed by atoms with Gasteiger partial charge in [0.05, 0.1) is 23.3 Å². The van der Waals surface area contributed by atoms with E-state index in [2.05, 4.69) is 49.4 Å². The number of likely N-dealkylation sites (tertiary alicyclic amines) is 2. The lowest BCUT2D eigenvalue weighted by Gasteiger charge is -2.47. The van der Waals surface area contributed by atoms with E-state index in [1.807, 2.05) is 36.1 Å². The van der Waals surface area contributed by atoms with Gasteiger partial charge in [0.25, 0.3) is 11.8 Å². The molecule has 0 bridgehead atoms. The van der Waals surface area contributed by atoms with Crippen LogP contribution in [0, 0.1) is 30.9 Å². The third kappa shape index (κ3) is 8.99. The fourth-order valence-electron chi connectivity index (χ4n) is 9.74. The summed E-state index contributed by atoms with van der Waals surface area (Å²) in [6.07, 6.45) is 5.71. The molecule has 3 aliphatic heterocycles. The zero-order valence-electron chi connectivity index (χ0n) is 37.6. The molecule has 4 aromatic carbocycles. The summed E-state index contributed by atoms with van der Waals surface area (Å²) in [6.45, 7) is 11.2. The second-order valence-corrected chi connectivity index (χ2v) is 18.8. The maximum absolute atomic E-state index is 15.2. The fraction of sp³-hybridized carbons (Fsp3) is 0.346. The summed E-state index contributed by atoms with van der Waals surface area (Å²) in [5.74, 6) is -2.44. The van der Waals surface area contributed by atoms with Gasteiger partial charge in [-0.2, -0.15) is 0 Å². The second-order valence-electron chi connectivity index (χ2n) is 18.8. The highest BCUT2D eigenvalue weighted by atomic mass is 19.1. The number of carbonyl (C=O) groups excluding carboxylic acids is 4. The molecule has 3 amide bonds. The topological polar surface area (TPSA) is 152 Å². The number of nitrogens with one attached hydrogen (secondary N) is 2. The minimum Gasteiger partial charge on any atom is -0.386 e. The largest absolute Gasteiger partial charge is 0.386 e. The zero-order valence-corrected chi connectivity index (χ0v) is 37.6. The van der Waals surface area contributed by atoms with Crippen LogP contribution in [-0.4, -0.2) is 86.1 Å². The molecule has 9 rings (SSSR count). The van der Waals surface area contributed by atoms with Gasteiger partial charge in [-0.1, -0.05) is 36.4 Å². The van der Waals surface area contributed by atoms with Crippen LogP contribution >= 0.6 is 0 Å². The normalized spacial score (nSPS) is 16.9. The van der Waals surface area contributed by atoms with E-state index in [1.54, 1.807) is 11.8 Å². The van der Waals surface area contributed by atoms with Crippen molar-refractivity contribution in [2.75, 3.05) is 42.9 Å². The van der Waals surface area contributed by atoms with E-state index in [1.165, 1.54) is 50.0 Å². The molecule has 1 spiro atoms. The Balaban J connectivity index is 0.817. The predicted molar refractivity (Wildman–Crippen MR) is 249 cm³/mol. The molecule has 3 fully saturated rings. The number of Topliss-reactive ketones (excluding diaryl/α,β-unsaturated/α-hetero) is 1. The first-order valence-corrected chi connectivity index (χ1v) is 22.6. The van der Waals surface area contributed by atoms with Gasteiger partial charge < -0.3 is 25.2 Å². The number of carbonyl (C=O) groups is 4. The Morgan fingerprint density at radius 1 is 0.864 bits per heavy atom. The molecular formula is C52H53F2N7O5. The molecule has 5 heterocycles. The van der Waals surface area contributed by atoms with Crippen molar-refractivity contribution in [2.45, 2.75) is 78.4 Å². The van der Waals surface area contributed by atoms with Crippen LogP contribution < -0.4 is 10.2 Å². The molecule has 14 heteroatoms. The Kier molecular flexibility index (Phi) is 11.9. The molecule has 340 valence electrons. The lowest BCUT2D eigenvalue weighted by molar-refractivity contribution is -0.128. The Morgan fingerprint density at radius 3 is 2.29 bits per heavy atom. The summed E-state index contributed by atoms with van der Waals surface area (Å²) >= 11 is 0. The van der Waals surface area contributed by atoms with Gasteiger partial charge in [0.2, 0.25) is 5.91 Å². The van der Waals surface area contributed by atoms with Gasteiger partial charge in [0, 0.05) is 66.2 Å². The lowest BCUT2D eigenvalue weighted by Crippen LogP contribution is -2.48. The molecule has 0 radical (unpaired) electrons. The highest BCUT2D eigenvalue weighted by molar-refractivity contribution is 6.09. The smallest absolute Gasteiger partial charge is 0.258 e. The van der Waals surface area contributed by atoms with Gasteiger partial charge in [-0.15, -0.1) is 0 Å². The molecule has 66 heavy (non-hydrogen) atoms. The van der Waals surface area contributed by atoms with E-state index >= 15 is 8.78 Å². The third-order valence-electron chi connectivity index (χ3n) is 13.9. The molecule has 0 saturated carbocycles. The molecule has 3 saturated heterocycles. The van der Waals surface area contributed by atoms with Crippen LogP contribution in [0.5, 0.6) is 0 Å². The summed E-state index contributed by atoms with van der Waals surface area (Å²) in [4.78, 5) is 69.8. The molecule has 0 atom stereocenters. The summed E-state index contributed by atoms with van der Waals surface area (Å²) in [7, 11) is 0. The first-order chi connectivity index (χ1) is 31.5. The molecule has 3 N–H and O–H groups in total. The monoisotopic (exact) mass is 893 g/mol. The standard InChI is InChI=1S/C52H53F2N7O5/c1-31-5-8-35(23-45(31)61-18-13-38(62)27-46(61)63)50(65)60-21-16-52(17-22-60)14-19-59(20-15-52)29-33-6-9-34(10-7-33)44-28-41-47(55-30-56-48(41)57-44)40-25-37(53)26-43(32(40)2)58-49(64)39-12-11-36(24-42(39)54)51(3,4)66/h5-12,23-26,28,30,66H,13-22,27,29H2,1-4H3,(H,58,64)(H,55,56,57). The molecular weight excluding hydrogens is 841 g/mol. The number of aryl methyl sites for hydroxylation is 1. The third-order valence-corrected chi connectivity index (χ3v) is 13.9. The van der Waals surface area contributed by atoms with Crippen molar-refractivity contribution in [2.24, 2.45) is 5.41 Å². The maximum atomic E-state index is 15.2. The zero-order chi connectivity index (χ0) is 46.5. The predicted octanol–water partition coefficient (Wildman–Crippen LogP) is 8.88. The summed E-state index contributed by atoms with van der Waals surface area (Å²) < 4.78 is 30.2. The summed E-state index contributed by atoms with van der Waals surface area (Å²) in [5.41, 5.74) is 6.34. The van der Waals surface area contributed by atoms with E-state index in [-0.39, 0.29) is 40.7 Å². The van der Waals surface area contributed by atoms with Crippen LogP contribution in [0.1, 0.15) is 95.3 Å². The van der Waals surface area contributed by atoms with Crippen LogP contribution in [0.25, 0.3) is 33.5 Å². The van der Waals surface area contributed by atoms with Crippen molar-refractivity contribution in [3.63, 3.8) is 0 Å². The highest BCUT2D eigenvalue weighted by Gasteiger charge is 2.39. The number of anilines is 2. The molecule has 0 unspecified atom stereocenters. The van der Waals surface area contributed by atoms with Crippen LogP contribution in [0.15, 0.2) is 85.2 Å². The molecule has 3 aliphatic rings. The highest BCUT2D eigenvalue weighted by Crippen LogP contribution is 2.42. The van der Waals surface area contributed by atoms with E-state index in [0.29, 0.717) is 70.7 Å². The number of H-pyrrole nitrogens is 1. The molecule has 0 aliphatic carbocycles. The summed E-state index contributed by atoms with van der Waals surface area (Å²) in [5, 5.41) is 13.6. The number of rotatable bonds is 9. The SMILES string of the molecule is Cc1ccc(C(=O)N2CCC3(CCN(Cc4ccc(-c5cc6c(-c7cc(F)cc(NC(=O)c8ccc(C(C)(C)O)cc8F)c7C)ncnc6[nH]5)cc4)CC3)CC2)cc1N1CCC(=O)CC1=O. The first-order valence-electron chi connectivity index (χ1n) is 22.6. The van der Waals surface area contributed by atoms with Crippen molar-refractivity contribution in [1.29, 1.82) is 0 Å². The van der Waals surface area contributed by atoms with Gasteiger partial charge >= 0.3 is 0 Å². The van der Waals surface area contributed by atoms with Crippen molar-refractivity contribution < 1.29 is 33.1 Å². The van der Waals surface area contributed by atoms with Crippen molar-refractivity contribution >= 4 is 45.9 Å².